The second kappa shape index (κ2) is 5.56. The summed E-state index contributed by atoms with van der Waals surface area (Å²) in [4.78, 5) is 15.1. The summed E-state index contributed by atoms with van der Waals surface area (Å²) in [6.07, 6.45) is 4.01. The lowest BCUT2D eigenvalue weighted by molar-refractivity contribution is -0.139. The van der Waals surface area contributed by atoms with Gasteiger partial charge in [0.1, 0.15) is 0 Å². The number of allylic oxidation sites excluding steroid dienone is 2. The van der Waals surface area contributed by atoms with E-state index in [2.05, 4.69) is 9.73 Å². The number of aliphatic imine (C=N–C) groups is 1. The van der Waals surface area contributed by atoms with E-state index >= 15 is 0 Å². The first-order valence-electron chi connectivity index (χ1n) is 4.40. The molecule has 82 valence electrons. The first-order chi connectivity index (χ1) is 7.17. The SMILES string of the molecule is COC(=O)CC1=CCC(Cl)=CN=C1OC. The predicted molar refractivity (Wildman–Crippen MR) is 57.7 cm³/mol. The Labute approximate surface area is 93.2 Å². The van der Waals surface area contributed by atoms with Gasteiger partial charge in [0.2, 0.25) is 5.90 Å². The molecule has 0 aliphatic carbocycles. The summed E-state index contributed by atoms with van der Waals surface area (Å²) < 4.78 is 9.62. The van der Waals surface area contributed by atoms with E-state index in [1.54, 1.807) is 0 Å². The van der Waals surface area contributed by atoms with E-state index < -0.39 is 0 Å². The number of ether oxygens (including phenoxy) is 2. The van der Waals surface area contributed by atoms with Gasteiger partial charge in [-0.15, -0.1) is 0 Å². The van der Waals surface area contributed by atoms with Crippen molar-refractivity contribution in [2.45, 2.75) is 12.8 Å². The average Bonchev–Trinajstić information content (AvgIpc) is 2.41. The van der Waals surface area contributed by atoms with Crippen molar-refractivity contribution in [2.75, 3.05) is 14.2 Å². The maximum Gasteiger partial charge on any atom is 0.310 e. The molecule has 1 aliphatic rings. The quantitative estimate of drug-likeness (QED) is 0.681. The smallest absolute Gasteiger partial charge is 0.310 e. The van der Waals surface area contributed by atoms with Crippen molar-refractivity contribution in [1.29, 1.82) is 0 Å². The third kappa shape index (κ3) is 3.40. The Hall–Kier alpha value is -1.29. The standard InChI is InChI=1S/C10H12ClNO3/c1-14-9(13)5-7-3-4-8(11)6-12-10(7)15-2/h3,6H,4-5H2,1-2H3. The van der Waals surface area contributed by atoms with E-state index in [-0.39, 0.29) is 12.4 Å². The number of halogens is 1. The number of hydrogen-bond donors (Lipinski definition) is 0. The molecule has 1 rings (SSSR count). The first-order valence-corrected chi connectivity index (χ1v) is 4.77. The maximum absolute atomic E-state index is 11.1. The van der Waals surface area contributed by atoms with E-state index in [0.29, 0.717) is 22.9 Å². The molecule has 0 saturated carbocycles. The van der Waals surface area contributed by atoms with Gasteiger partial charge in [0.15, 0.2) is 0 Å². The summed E-state index contributed by atoms with van der Waals surface area (Å²) >= 11 is 5.82. The number of carbonyl (C=O) groups is 1. The second-order valence-corrected chi connectivity index (χ2v) is 3.39. The van der Waals surface area contributed by atoms with Gasteiger partial charge >= 0.3 is 5.97 Å². The molecule has 0 spiro atoms. The fraction of sp³-hybridized carbons (Fsp3) is 0.400. The summed E-state index contributed by atoms with van der Waals surface area (Å²) in [6, 6.07) is 0. The van der Waals surface area contributed by atoms with Crippen molar-refractivity contribution in [3.63, 3.8) is 0 Å². The van der Waals surface area contributed by atoms with Gasteiger partial charge in [-0.1, -0.05) is 17.7 Å². The van der Waals surface area contributed by atoms with Crippen LogP contribution in [0.5, 0.6) is 0 Å². The molecule has 0 atom stereocenters. The minimum absolute atomic E-state index is 0.140. The van der Waals surface area contributed by atoms with Gasteiger partial charge in [0.25, 0.3) is 0 Å². The molecule has 0 radical (unpaired) electrons. The van der Waals surface area contributed by atoms with E-state index in [1.165, 1.54) is 20.4 Å². The molecule has 4 nitrogen and oxygen atoms in total. The van der Waals surface area contributed by atoms with Crippen molar-refractivity contribution in [3.05, 3.63) is 22.9 Å². The molecule has 0 N–H and O–H groups in total. The Kier molecular flexibility index (Phi) is 4.37. The molecule has 0 aromatic carbocycles. The van der Waals surface area contributed by atoms with E-state index in [1.807, 2.05) is 6.08 Å². The highest BCUT2D eigenvalue weighted by molar-refractivity contribution is 6.29. The molecule has 1 aliphatic heterocycles. The van der Waals surface area contributed by atoms with Gasteiger partial charge in [0.05, 0.1) is 20.6 Å². The van der Waals surface area contributed by atoms with Crippen molar-refractivity contribution in [2.24, 2.45) is 4.99 Å². The summed E-state index contributed by atoms with van der Waals surface area (Å²) in [5, 5.41) is 0.601. The van der Waals surface area contributed by atoms with Crippen LogP contribution < -0.4 is 0 Å². The summed E-state index contributed by atoms with van der Waals surface area (Å²) in [6.45, 7) is 0. The van der Waals surface area contributed by atoms with Crippen LogP contribution in [0.1, 0.15) is 12.8 Å². The summed E-state index contributed by atoms with van der Waals surface area (Å²) in [5.41, 5.74) is 0.691. The lowest BCUT2D eigenvalue weighted by atomic mass is 10.1. The highest BCUT2D eigenvalue weighted by atomic mass is 35.5. The van der Waals surface area contributed by atoms with Crippen LogP contribution in [0.3, 0.4) is 0 Å². The number of rotatable bonds is 2. The highest BCUT2D eigenvalue weighted by Crippen LogP contribution is 2.18. The van der Waals surface area contributed by atoms with Gasteiger partial charge < -0.3 is 9.47 Å². The topological polar surface area (TPSA) is 47.9 Å². The third-order valence-corrected chi connectivity index (χ3v) is 2.15. The van der Waals surface area contributed by atoms with Crippen LogP contribution in [0.25, 0.3) is 0 Å². The highest BCUT2D eigenvalue weighted by Gasteiger charge is 2.14. The van der Waals surface area contributed by atoms with Crippen LogP contribution in [0.4, 0.5) is 0 Å². The normalized spacial score (nSPS) is 15.8. The van der Waals surface area contributed by atoms with Crippen LogP contribution in [-0.4, -0.2) is 26.1 Å². The first kappa shape index (κ1) is 11.8. The zero-order valence-electron chi connectivity index (χ0n) is 8.62. The van der Waals surface area contributed by atoms with Crippen LogP contribution in [0.15, 0.2) is 27.9 Å². The maximum atomic E-state index is 11.1. The zero-order valence-corrected chi connectivity index (χ0v) is 9.37. The molecule has 1 heterocycles. The van der Waals surface area contributed by atoms with Crippen molar-refractivity contribution in [3.8, 4) is 0 Å². The number of carbonyl (C=O) groups excluding carboxylic acids is 1. The fourth-order valence-electron chi connectivity index (χ4n) is 1.13. The molecule has 0 fully saturated rings. The minimum atomic E-state index is -0.330. The molecule has 15 heavy (non-hydrogen) atoms. The van der Waals surface area contributed by atoms with E-state index in [4.69, 9.17) is 16.3 Å². The van der Waals surface area contributed by atoms with Gasteiger partial charge in [0, 0.05) is 23.2 Å². The van der Waals surface area contributed by atoms with Crippen LogP contribution >= 0.6 is 11.6 Å². The van der Waals surface area contributed by atoms with Gasteiger partial charge in [-0.25, -0.2) is 4.99 Å². The monoisotopic (exact) mass is 229 g/mol. The number of esters is 1. The minimum Gasteiger partial charge on any atom is -0.481 e. The number of methoxy groups -OCH3 is 2. The average molecular weight is 230 g/mol. The molecule has 0 aromatic heterocycles. The Morgan fingerprint density at radius 3 is 2.93 bits per heavy atom. The summed E-state index contributed by atoms with van der Waals surface area (Å²) in [7, 11) is 2.84. The number of nitrogens with zero attached hydrogens (tertiary/aromatic N) is 1. The summed E-state index contributed by atoms with van der Waals surface area (Å²) in [5.74, 6) is 0.0695. The fourth-order valence-corrected chi connectivity index (χ4v) is 1.26. The zero-order chi connectivity index (χ0) is 11.3. The van der Waals surface area contributed by atoms with Crippen molar-refractivity contribution >= 4 is 23.5 Å². The molecule has 0 saturated heterocycles. The lowest BCUT2D eigenvalue weighted by Gasteiger charge is -2.06. The van der Waals surface area contributed by atoms with Gasteiger partial charge in [-0.3, -0.25) is 4.79 Å². The van der Waals surface area contributed by atoms with Crippen LogP contribution in [0, 0.1) is 0 Å². The van der Waals surface area contributed by atoms with Crippen molar-refractivity contribution in [1.82, 2.24) is 0 Å². The molecule has 0 amide bonds. The molecule has 0 unspecified atom stereocenters. The van der Waals surface area contributed by atoms with Crippen molar-refractivity contribution < 1.29 is 14.3 Å². The molecular weight excluding hydrogens is 218 g/mol. The molecule has 5 heteroatoms. The van der Waals surface area contributed by atoms with Gasteiger partial charge in [-0.2, -0.15) is 0 Å². The van der Waals surface area contributed by atoms with Crippen LogP contribution in [0.2, 0.25) is 0 Å². The van der Waals surface area contributed by atoms with E-state index in [0.717, 1.165) is 0 Å². The molecule has 0 bridgehead atoms. The number of hydrogen-bond acceptors (Lipinski definition) is 4. The predicted octanol–water partition coefficient (Wildman–Crippen LogP) is 2.00. The van der Waals surface area contributed by atoms with Crippen LogP contribution in [-0.2, 0) is 14.3 Å². The Morgan fingerprint density at radius 1 is 1.60 bits per heavy atom. The van der Waals surface area contributed by atoms with Gasteiger partial charge in [-0.05, 0) is 0 Å². The lowest BCUT2D eigenvalue weighted by Crippen LogP contribution is -2.10. The third-order valence-electron chi connectivity index (χ3n) is 1.90. The second-order valence-electron chi connectivity index (χ2n) is 2.90. The largest absolute Gasteiger partial charge is 0.481 e. The molecule has 0 aromatic rings. The van der Waals surface area contributed by atoms with E-state index in [9.17, 15) is 4.79 Å². The Bertz CT molecular complexity index is 345. The molecular formula is C10H12ClNO3. The Balaban J connectivity index is 2.83. The Morgan fingerprint density at radius 2 is 2.33 bits per heavy atom.